The van der Waals surface area contributed by atoms with Crippen molar-refractivity contribution in [2.75, 3.05) is 20.3 Å². The second-order valence-electron chi connectivity index (χ2n) is 8.85. The highest BCUT2D eigenvalue weighted by Crippen LogP contribution is 2.30. The normalized spacial score (nSPS) is 11.5. The third kappa shape index (κ3) is 13.8. The lowest BCUT2D eigenvalue weighted by Crippen LogP contribution is -2.41. The van der Waals surface area contributed by atoms with Crippen LogP contribution < -0.4 is 14.8 Å². The highest BCUT2D eigenvalue weighted by molar-refractivity contribution is 5.77. The molecule has 9 nitrogen and oxygen atoms in total. The third-order valence-corrected chi connectivity index (χ3v) is 5.59. The van der Waals surface area contributed by atoms with E-state index in [2.05, 4.69) is 12.2 Å². The summed E-state index contributed by atoms with van der Waals surface area (Å²) < 4.78 is 21.1. The summed E-state index contributed by atoms with van der Waals surface area (Å²) in [6.45, 7) is 6.42. The average Bonchev–Trinajstić information content (AvgIpc) is 2.89. The summed E-state index contributed by atoms with van der Waals surface area (Å²) >= 11 is 0. The van der Waals surface area contributed by atoms with Gasteiger partial charge in [-0.15, -0.1) is 0 Å². The first-order valence-corrected chi connectivity index (χ1v) is 13.4. The first-order chi connectivity index (χ1) is 17.8. The number of ether oxygens (including phenoxy) is 4. The van der Waals surface area contributed by atoms with Gasteiger partial charge < -0.3 is 24.3 Å². The number of benzene rings is 1. The van der Waals surface area contributed by atoms with E-state index in [1.807, 2.05) is 13.8 Å². The lowest BCUT2D eigenvalue weighted by atomic mass is 10.0. The fraction of sp³-hybridized carbons (Fsp3) is 0.643. The van der Waals surface area contributed by atoms with E-state index >= 15 is 0 Å². The quantitative estimate of drug-likeness (QED) is 0.157. The van der Waals surface area contributed by atoms with E-state index < -0.39 is 23.9 Å². The second-order valence-corrected chi connectivity index (χ2v) is 8.85. The topological polar surface area (TPSA) is 117 Å². The first-order valence-electron chi connectivity index (χ1n) is 13.4. The molecule has 9 heteroatoms. The van der Waals surface area contributed by atoms with Gasteiger partial charge in [0.05, 0.1) is 7.11 Å². The molecule has 1 aromatic carbocycles. The monoisotopic (exact) mass is 521 g/mol. The van der Waals surface area contributed by atoms with Gasteiger partial charge in [-0.3, -0.25) is 19.2 Å². The van der Waals surface area contributed by atoms with Crippen molar-refractivity contribution in [3.8, 4) is 11.5 Å². The molecule has 0 fully saturated rings. The van der Waals surface area contributed by atoms with Gasteiger partial charge in [0, 0.05) is 25.8 Å². The van der Waals surface area contributed by atoms with E-state index in [1.54, 1.807) is 18.2 Å². The number of carbonyl (C=O) groups is 4. The predicted molar refractivity (Wildman–Crippen MR) is 139 cm³/mol. The van der Waals surface area contributed by atoms with Crippen LogP contribution in [0.15, 0.2) is 18.2 Å². The minimum Gasteiger partial charge on any atom is -0.468 e. The summed E-state index contributed by atoms with van der Waals surface area (Å²) in [5, 5.41) is 3.05. The fourth-order valence-corrected chi connectivity index (χ4v) is 3.44. The molecule has 208 valence electrons. The Kier molecular flexibility index (Phi) is 16.7. The van der Waals surface area contributed by atoms with Crippen LogP contribution in [0.4, 0.5) is 0 Å². The highest BCUT2D eigenvalue weighted by atomic mass is 16.6. The van der Waals surface area contributed by atoms with E-state index in [0.717, 1.165) is 32.1 Å². The maximum atomic E-state index is 12.4. The molecule has 37 heavy (non-hydrogen) atoms. The molecule has 1 atom stereocenters. The fourth-order valence-electron chi connectivity index (χ4n) is 3.44. The Morgan fingerprint density at radius 1 is 0.784 bits per heavy atom. The Labute approximate surface area is 220 Å². The Morgan fingerprint density at radius 3 is 1.97 bits per heavy atom. The first kappa shape index (κ1) is 32.1. The zero-order chi connectivity index (χ0) is 27.5. The molecule has 0 spiro atoms. The van der Waals surface area contributed by atoms with Crippen LogP contribution in [0.1, 0.15) is 90.5 Å². The van der Waals surface area contributed by atoms with Crippen LogP contribution in [0.3, 0.4) is 0 Å². The molecule has 0 bridgehead atoms. The predicted octanol–water partition coefficient (Wildman–Crippen LogP) is 4.68. The van der Waals surface area contributed by atoms with Gasteiger partial charge in [-0.25, -0.2) is 0 Å². The molecular weight excluding hydrogens is 478 g/mol. The molecule has 1 aromatic rings. The molecule has 0 unspecified atom stereocenters. The third-order valence-electron chi connectivity index (χ3n) is 5.59. The van der Waals surface area contributed by atoms with Crippen LogP contribution in [-0.2, 0) is 35.1 Å². The number of unbranched alkanes of at least 4 members (excludes halogenated alkanes) is 4. The van der Waals surface area contributed by atoms with Gasteiger partial charge in [0.1, 0.15) is 12.6 Å². The van der Waals surface area contributed by atoms with Crippen molar-refractivity contribution >= 4 is 23.9 Å². The minimum atomic E-state index is -0.717. The van der Waals surface area contributed by atoms with E-state index in [9.17, 15) is 19.2 Å². The molecule has 0 aliphatic heterocycles. The Morgan fingerprint density at radius 2 is 1.38 bits per heavy atom. The summed E-state index contributed by atoms with van der Waals surface area (Å²) in [6.07, 6.45) is 6.98. The zero-order valence-corrected chi connectivity index (χ0v) is 22.8. The number of esters is 4. The van der Waals surface area contributed by atoms with Crippen molar-refractivity contribution in [3.05, 3.63) is 23.8 Å². The number of hydrogen-bond acceptors (Lipinski definition) is 9. The van der Waals surface area contributed by atoms with Crippen molar-refractivity contribution in [3.63, 3.8) is 0 Å². The molecule has 0 heterocycles. The van der Waals surface area contributed by atoms with Crippen LogP contribution in [0, 0.1) is 0 Å². The van der Waals surface area contributed by atoms with Gasteiger partial charge in [-0.05, 0) is 43.4 Å². The van der Waals surface area contributed by atoms with Crippen molar-refractivity contribution in [1.82, 2.24) is 5.32 Å². The summed E-state index contributed by atoms with van der Waals surface area (Å²) in [4.78, 5) is 48.6. The van der Waals surface area contributed by atoms with Crippen LogP contribution in [0.2, 0.25) is 0 Å². The highest BCUT2D eigenvalue weighted by Gasteiger charge is 2.21. The minimum absolute atomic E-state index is 0.130. The lowest BCUT2D eigenvalue weighted by Gasteiger charge is -2.18. The molecule has 0 saturated carbocycles. The largest absolute Gasteiger partial charge is 0.468 e. The summed E-state index contributed by atoms with van der Waals surface area (Å²) in [5.41, 5.74) is 0.672. The maximum Gasteiger partial charge on any atom is 0.323 e. The molecule has 0 radical (unpaired) electrons. The smallest absolute Gasteiger partial charge is 0.323 e. The van der Waals surface area contributed by atoms with Crippen molar-refractivity contribution in [2.45, 2.75) is 97.4 Å². The van der Waals surface area contributed by atoms with Crippen molar-refractivity contribution in [1.29, 1.82) is 0 Å². The number of methoxy groups -OCH3 is 1. The molecule has 1 N–H and O–H groups in total. The van der Waals surface area contributed by atoms with E-state index in [4.69, 9.17) is 18.9 Å². The van der Waals surface area contributed by atoms with Gasteiger partial charge in [0.15, 0.2) is 11.5 Å². The van der Waals surface area contributed by atoms with E-state index in [-0.39, 0.29) is 49.9 Å². The van der Waals surface area contributed by atoms with Gasteiger partial charge in [-0.2, -0.15) is 0 Å². The average molecular weight is 522 g/mol. The Bertz CT molecular complexity index is 855. The molecule has 1 rings (SSSR count). The summed E-state index contributed by atoms with van der Waals surface area (Å²) in [5.74, 6) is -1.28. The molecular formula is C28H43NO8. The molecule has 0 amide bonds. The van der Waals surface area contributed by atoms with Crippen LogP contribution in [-0.4, -0.2) is 50.2 Å². The SMILES string of the molecule is CCCCCC(=O)OCCN[C@@H](Cc1ccc(OC(=O)CCCC)c(OC(=O)CCCC)c1)C(=O)OC. The van der Waals surface area contributed by atoms with Crippen LogP contribution in [0.5, 0.6) is 11.5 Å². The zero-order valence-electron chi connectivity index (χ0n) is 22.8. The number of carbonyl (C=O) groups excluding carboxylic acids is 4. The lowest BCUT2D eigenvalue weighted by molar-refractivity contribution is -0.144. The number of nitrogens with one attached hydrogen (secondary N) is 1. The molecule has 0 aliphatic rings. The van der Waals surface area contributed by atoms with Gasteiger partial charge >= 0.3 is 23.9 Å². The number of hydrogen-bond donors (Lipinski definition) is 1. The molecule has 0 saturated heterocycles. The van der Waals surface area contributed by atoms with Crippen LogP contribution in [0.25, 0.3) is 0 Å². The van der Waals surface area contributed by atoms with E-state index in [0.29, 0.717) is 24.8 Å². The summed E-state index contributed by atoms with van der Waals surface area (Å²) in [6, 6.07) is 4.15. The van der Waals surface area contributed by atoms with E-state index in [1.165, 1.54) is 7.11 Å². The second kappa shape index (κ2) is 19.2. The van der Waals surface area contributed by atoms with Crippen molar-refractivity contribution < 1.29 is 38.1 Å². The van der Waals surface area contributed by atoms with Gasteiger partial charge in [0.25, 0.3) is 0 Å². The Balaban J connectivity index is 2.88. The standard InChI is InChI=1S/C28H43NO8/c1-5-8-11-14-25(30)35-18-17-29-22(28(33)34-4)19-21-15-16-23(36-26(31)12-9-6-2)24(20-21)37-27(32)13-10-7-3/h15-16,20,22,29H,5-14,17-19H2,1-4H3/t22-/m0/s1. The Hall–Kier alpha value is -2.94. The van der Waals surface area contributed by atoms with Crippen molar-refractivity contribution in [2.24, 2.45) is 0 Å². The van der Waals surface area contributed by atoms with Gasteiger partial charge in [0.2, 0.25) is 0 Å². The van der Waals surface area contributed by atoms with Crippen LogP contribution >= 0.6 is 0 Å². The summed E-state index contributed by atoms with van der Waals surface area (Å²) in [7, 11) is 1.30. The molecule has 0 aromatic heterocycles. The maximum absolute atomic E-state index is 12.4. The van der Waals surface area contributed by atoms with Gasteiger partial charge in [-0.1, -0.05) is 52.5 Å². The number of rotatable bonds is 19. The molecule has 0 aliphatic carbocycles.